The molecule has 96 valence electrons. The van der Waals surface area contributed by atoms with Crippen molar-refractivity contribution in [1.29, 1.82) is 0 Å². The monoisotopic (exact) mass is 244 g/mol. The van der Waals surface area contributed by atoms with Crippen LogP contribution in [0.1, 0.15) is 33.6 Å². The molecular weight excluding hydrogens is 227 g/mol. The molecule has 0 aromatic rings. The maximum atomic E-state index is 13.8. The lowest BCUT2D eigenvalue weighted by molar-refractivity contribution is 0.0480. The molecule has 0 radical (unpaired) electrons. The Balaban J connectivity index is 2.90. The van der Waals surface area contributed by atoms with Crippen molar-refractivity contribution in [2.75, 3.05) is 0 Å². The summed E-state index contributed by atoms with van der Waals surface area (Å²) in [4.78, 5) is 15.0. The number of nitrogens with zero attached hydrogens (tertiary/aromatic N) is 4. The number of halogens is 1. The average molecular weight is 244 g/mol. The Hall–Kier alpha value is -1.49. The van der Waals surface area contributed by atoms with Gasteiger partial charge in [0.1, 0.15) is 6.17 Å². The molecule has 0 aromatic carbocycles. The van der Waals surface area contributed by atoms with Crippen LogP contribution in [0, 0.1) is 0 Å². The van der Waals surface area contributed by atoms with Gasteiger partial charge >= 0.3 is 6.09 Å². The highest BCUT2D eigenvalue weighted by atomic mass is 19.1. The number of azide groups is 1. The minimum absolute atomic E-state index is 0.0919. The van der Waals surface area contributed by atoms with Crippen molar-refractivity contribution in [2.24, 2.45) is 5.11 Å². The van der Waals surface area contributed by atoms with Gasteiger partial charge in [0.2, 0.25) is 0 Å². The quantitative estimate of drug-likeness (QED) is 0.459. The van der Waals surface area contributed by atoms with E-state index in [-0.39, 0.29) is 12.8 Å². The Morgan fingerprint density at radius 1 is 1.53 bits per heavy atom. The van der Waals surface area contributed by atoms with E-state index in [4.69, 9.17) is 10.6 Å². The second-order valence-corrected chi connectivity index (χ2v) is 5.24. The molecule has 0 heterocycles. The maximum absolute atomic E-state index is 13.8. The van der Waals surface area contributed by atoms with Crippen LogP contribution in [0.15, 0.2) is 5.11 Å². The first-order valence-electron chi connectivity index (χ1n) is 5.48. The lowest BCUT2D eigenvalue weighted by Crippen LogP contribution is -2.53. The van der Waals surface area contributed by atoms with Gasteiger partial charge in [-0.3, -0.25) is 4.90 Å². The third kappa shape index (κ3) is 3.00. The molecule has 1 N–H and O–H groups in total. The average Bonchev–Trinajstić information content (AvgIpc) is 2.44. The van der Waals surface area contributed by atoms with Crippen molar-refractivity contribution in [2.45, 2.75) is 57.4 Å². The van der Waals surface area contributed by atoms with Gasteiger partial charge in [-0.05, 0) is 39.1 Å². The highest BCUT2D eigenvalue weighted by molar-refractivity contribution is 5.66. The summed E-state index contributed by atoms with van der Waals surface area (Å²) >= 11 is 0. The summed E-state index contributed by atoms with van der Waals surface area (Å²) in [6.45, 7) is 5.15. The molecular formula is C10H17FN4O2. The lowest BCUT2D eigenvalue weighted by Gasteiger charge is -2.38. The number of hydrogen-bond donors (Lipinski definition) is 1. The molecule has 0 unspecified atom stereocenters. The lowest BCUT2D eigenvalue weighted by atomic mass is 10.0. The highest BCUT2D eigenvalue weighted by Gasteiger charge is 2.43. The first kappa shape index (κ1) is 13.6. The van der Waals surface area contributed by atoms with E-state index in [1.54, 1.807) is 20.8 Å². The summed E-state index contributed by atoms with van der Waals surface area (Å²) in [6.07, 6.45) is -2.09. The van der Waals surface area contributed by atoms with Crippen LogP contribution in [0.2, 0.25) is 0 Å². The molecule has 17 heavy (non-hydrogen) atoms. The molecule has 1 aliphatic carbocycles. The Bertz CT molecular complexity index is 349. The fraction of sp³-hybridized carbons (Fsp3) is 0.900. The van der Waals surface area contributed by atoms with Crippen molar-refractivity contribution in [3.05, 3.63) is 10.4 Å². The Morgan fingerprint density at radius 3 is 2.53 bits per heavy atom. The molecule has 0 spiro atoms. The molecule has 6 nitrogen and oxygen atoms in total. The van der Waals surface area contributed by atoms with E-state index in [1.165, 1.54) is 0 Å². The van der Waals surface area contributed by atoms with Gasteiger partial charge in [-0.25, -0.2) is 9.18 Å². The van der Waals surface area contributed by atoms with Gasteiger partial charge in [-0.1, -0.05) is 5.11 Å². The van der Waals surface area contributed by atoms with E-state index in [0.717, 1.165) is 4.90 Å². The summed E-state index contributed by atoms with van der Waals surface area (Å²) in [7, 11) is 0. The van der Waals surface area contributed by atoms with Crippen molar-refractivity contribution in [1.82, 2.24) is 4.90 Å². The van der Waals surface area contributed by atoms with Crippen molar-refractivity contribution >= 4 is 6.09 Å². The van der Waals surface area contributed by atoms with Crippen LogP contribution in [0.3, 0.4) is 0 Å². The van der Waals surface area contributed by atoms with Crippen LogP contribution in [0.5, 0.6) is 0 Å². The molecule has 7 heteroatoms. The van der Waals surface area contributed by atoms with E-state index in [2.05, 4.69) is 10.0 Å². The number of carbonyl (C=O) groups is 1. The highest BCUT2D eigenvalue weighted by Crippen LogP contribution is 2.33. The summed E-state index contributed by atoms with van der Waals surface area (Å²) < 4.78 is 13.8. The van der Waals surface area contributed by atoms with Gasteiger partial charge in [0.15, 0.2) is 0 Å². The first-order valence-corrected chi connectivity index (χ1v) is 5.48. The van der Waals surface area contributed by atoms with Crippen LogP contribution in [0.25, 0.3) is 10.4 Å². The van der Waals surface area contributed by atoms with E-state index < -0.39 is 29.9 Å². The summed E-state index contributed by atoms with van der Waals surface area (Å²) in [5, 5.41) is 12.6. The molecule has 3 atom stereocenters. The number of amides is 1. The van der Waals surface area contributed by atoms with Gasteiger partial charge in [-0.15, -0.1) is 0 Å². The third-order valence-electron chi connectivity index (χ3n) is 2.90. The van der Waals surface area contributed by atoms with Crippen molar-refractivity contribution in [3.8, 4) is 0 Å². The third-order valence-corrected chi connectivity index (χ3v) is 2.90. The normalized spacial score (nSPS) is 28.6. The molecule has 0 aromatic heterocycles. The van der Waals surface area contributed by atoms with Crippen LogP contribution in [-0.2, 0) is 0 Å². The Kier molecular flexibility index (Phi) is 3.83. The van der Waals surface area contributed by atoms with Gasteiger partial charge in [-0.2, -0.15) is 0 Å². The Labute approximate surface area is 99.0 Å². The first-order chi connectivity index (χ1) is 7.77. The molecule has 1 saturated carbocycles. The van der Waals surface area contributed by atoms with Gasteiger partial charge in [0, 0.05) is 16.5 Å². The van der Waals surface area contributed by atoms with Crippen molar-refractivity contribution < 1.29 is 14.3 Å². The standard InChI is InChI=1S/C10H17FN4O2/c1-10(2,3)15(9(16)17)8-5-6(13-14-12)4-7(8)11/h6-8H,4-5H2,1-3H3,(H,16,17)/t6-,7+,8+/m0/s1. The van der Waals surface area contributed by atoms with Crippen LogP contribution < -0.4 is 0 Å². The van der Waals surface area contributed by atoms with Gasteiger partial charge < -0.3 is 5.11 Å². The fourth-order valence-corrected chi connectivity index (χ4v) is 2.30. The molecule has 1 fully saturated rings. The molecule has 0 aliphatic heterocycles. The zero-order valence-corrected chi connectivity index (χ0v) is 10.2. The second kappa shape index (κ2) is 4.79. The van der Waals surface area contributed by atoms with Crippen LogP contribution in [-0.4, -0.2) is 39.9 Å². The number of carboxylic acid groups (broad SMARTS) is 1. The predicted octanol–water partition coefficient (Wildman–Crippen LogP) is 2.94. The largest absolute Gasteiger partial charge is 0.465 e. The number of hydrogen-bond acceptors (Lipinski definition) is 2. The number of alkyl halides is 1. The summed E-state index contributed by atoms with van der Waals surface area (Å²) in [5.41, 5.74) is 7.64. The number of rotatable bonds is 2. The second-order valence-electron chi connectivity index (χ2n) is 5.24. The van der Waals surface area contributed by atoms with Gasteiger partial charge in [0.05, 0.1) is 6.04 Å². The zero-order chi connectivity index (χ0) is 13.2. The molecule has 1 rings (SSSR count). The zero-order valence-electron chi connectivity index (χ0n) is 10.2. The van der Waals surface area contributed by atoms with Crippen LogP contribution >= 0.6 is 0 Å². The fourth-order valence-electron chi connectivity index (χ4n) is 2.30. The van der Waals surface area contributed by atoms with E-state index in [1.807, 2.05) is 0 Å². The van der Waals surface area contributed by atoms with Gasteiger partial charge in [0.25, 0.3) is 0 Å². The summed E-state index contributed by atoms with van der Waals surface area (Å²) in [5.74, 6) is 0. The SMILES string of the molecule is CC(C)(C)N(C(=O)O)[C@@H]1C[C@@H](N=[N+]=[N-])C[C@H]1F. The molecule has 1 aliphatic rings. The van der Waals surface area contributed by atoms with E-state index in [0.29, 0.717) is 0 Å². The molecule has 1 amide bonds. The predicted molar refractivity (Wildman–Crippen MR) is 60.5 cm³/mol. The van der Waals surface area contributed by atoms with Crippen molar-refractivity contribution in [3.63, 3.8) is 0 Å². The minimum atomic E-state index is -1.28. The van der Waals surface area contributed by atoms with E-state index >= 15 is 0 Å². The molecule has 0 bridgehead atoms. The van der Waals surface area contributed by atoms with Crippen LogP contribution in [0.4, 0.5) is 9.18 Å². The van der Waals surface area contributed by atoms with E-state index in [9.17, 15) is 9.18 Å². The smallest absolute Gasteiger partial charge is 0.408 e. The topological polar surface area (TPSA) is 89.3 Å². The summed E-state index contributed by atoms with van der Waals surface area (Å²) in [6, 6.07) is -1.19. The maximum Gasteiger partial charge on any atom is 0.408 e. The minimum Gasteiger partial charge on any atom is -0.465 e. The Morgan fingerprint density at radius 2 is 2.12 bits per heavy atom. The molecule has 0 saturated heterocycles.